The molecule has 0 amide bonds. The van der Waals surface area contributed by atoms with Crippen LogP contribution in [0, 0.1) is 0 Å². The van der Waals surface area contributed by atoms with E-state index < -0.39 is 68.5 Å². The molecule has 0 aromatic carbocycles. The van der Waals surface area contributed by atoms with E-state index in [0.29, 0.717) is 0 Å². The molecule has 3 heterocycles. The van der Waals surface area contributed by atoms with Gasteiger partial charge in [0.15, 0.2) is 0 Å². The molecule has 2 fully saturated rings. The van der Waals surface area contributed by atoms with Crippen molar-refractivity contribution in [3.8, 4) is 0 Å². The molecule has 2 aliphatic heterocycles. The molecule has 3 rings (SSSR count). The number of morpholine rings is 1. The lowest BCUT2D eigenvalue weighted by atomic mass is 9.80. The number of pyridine rings is 1. The van der Waals surface area contributed by atoms with Crippen molar-refractivity contribution in [2.75, 3.05) is 31.0 Å². The second-order valence-corrected chi connectivity index (χ2v) is 5.66. The third kappa shape index (κ3) is 2.80. The lowest BCUT2D eigenvalue weighted by Crippen LogP contribution is -2.41. The fourth-order valence-corrected chi connectivity index (χ4v) is 1.77. The Kier molecular flexibility index (Phi) is 1.65. The highest BCUT2D eigenvalue weighted by Crippen LogP contribution is 2.36. The molecule has 5 nitrogen and oxygen atoms in total. The molecule has 1 aromatic heterocycles. The number of hydrogen-bond acceptors (Lipinski definition) is 5. The van der Waals surface area contributed by atoms with Crippen LogP contribution in [-0.4, -0.2) is 49.4 Å². The standard InChI is InChI=1S/C15H23BN2O3/c1-14(2)15(3,4)21-16(20-14)12-5-6-13(17-11-12)18-7-9-19-10-8-18/h5-6,11H,7-10H2,1-4H3/i5D,6D,7D2,8D2,9D2,10D2,11D. The minimum atomic E-state index is -3.36. The largest absolute Gasteiger partial charge is 0.496 e. The molecule has 2 saturated heterocycles. The third-order valence-corrected chi connectivity index (χ3v) is 3.71. The van der Waals surface area contributed by atoms with Gasteiger partial charge < -0.3 is 18.9 Å². The van der Waals surface area contributed by atoms with Gasteiger partial charge in [-0.1, -0.05) is 6.04 Å². The van der Waals surface area contributed by atoms with Crippen LogP contribution in [0.1, 0.15) is 42.8 Å². The van der Waals surface area contributed by atoms with Gasteiger partial charge in [-0.05, 0) is 33.7 Å². The van der Waals surface area contributed by atoms with Gasteiger partial charge in [0.1, 0.15) is 5.82 Å². The van der Waals surface area contributed by atoms with Crippen LogP contribution in [0.3, 0.4) is 0 Å². The predicted molar refractivity (Wildman–Crippen MR) is 83.0 cm³/mol. The van der Waals surface area contributed by atoms with Crippen LogP contribution in [0.4, 0.5) is 5.82 Å². The van der Waals surface area contributed by atoms with Gasteiger partial charge in [0.05, 0.1) is 39.4 Å². The molecule has 114 valence electrons. The first-order chi connectivity index (χ1) is 14.1. The van der Waals surface area contributed by atoms with Crippen LogP contribution in [0.5, 0.6) is 0 Å². The summed E-state index contributed by atoms with van der Waals surface area (Å²) >= 11 is 0. The Labute approximate surface area is 142 Å². The van der Waals surface area contributed by atoms with Crippen LogP contribution >= 0.6 is 0 Å². The van der Waals surface area contributed by atoms with E-state index in [4.69, 9.17) is 24.4 Å². The zero-order valence-corrected chi connectivity index (χ0v) is 12.2. The Balaban J connectivity index is 2.20. The lowest BCUT2D eigenvalue weighted by Gasteiger charge is -2.32. The first-order valence-corrected chi connectivity index (χ1v) is 6.44. The quantitative estimate of drug-likeness (QED) is 0.769. The van der Waals surface area contributed by atoms with Gasteiger partial charge in [-0.25, -0.2) is 4.98 Å². The summed E-state index contributed by atoms with van der Waals surface area (Å²) in [4.78, 5) is 3.76. The van der Waals surface area contributed by atoms with Crippen molar-refractivity contribution in [1.29, 1.82) is 0 Å². The third-order valence-electron chi connectivity index (χ3n) is 3.71. The van der Waals surface area contributed by atoms with Gasteiger partial charge in [0, 0.05) is 24.6 Å². The van der Waals surface area contributed by atoms with Crippen molar-refractivity contribution < 1.29 is 29.1 Å². The molecule has 0 N–H and O–H groups in total. The van der Waals surface area contributed by atoms with Crippen LogP contribution in [0.25, 0.3) is 0 Å². The van der Waals surface area contributed by atoms with Crippen molar-refractivity contribution in [3.05, 3.63) is 18.3 Å². The summed E-state index contributed by atoms with van der Waals surface area (Å²) in [6.45, 7) is -6.45. The molecule has 21 heavy (non-hydrogen) atoms. The van der Waals surface area contributed by atoms with Crippen molar-refractivity contribution in [2.45, 2.75) is 38.9 Å². The Morgan fingerprint density at radius 3 is 2.43 bits per heavy atom. The number of ether oxygens (including phenoxy) is 1. The van der Waals surface area contributed by atoms with E-state index in [2.05, 4.69) is 9.72 Å². The van der Waals surface area contributed by atoms with E-state index in [-0.39, 0.29) is 10.4 Å². The van der Waals surface area contributed by atoms with Crippen LogP contribution < -0.4 is 10.4 Å². The van der Waals surface area contributed by atoms with Crippen molar-refractivity contribution >= 4 is 18.4 Å². The minimum Gasteiger partial charge on any atom is -0.399 e. The predicted octanol–water partition coefficient (Wildman–Crippen LogP) is 1.22. The zero-order chi connectivity index (χ0) is 24.9. The summed E-state index contributed by atoms with van der Waals surface area (Å²) in [6, 6.07) is -1.52. The molecule has 1 aromatic rings. The molecule has 0 spiro atoms. The number of aromatic nitrogens is 1. The molecule has 0 bridgehead atoms. The zero-order valence-electron chi connectivity index (χ0n) is 23.2. The fourth-order valence-electron chi connectivity index (χ4n) is 1.77. The molecule has 0 aliphatic carbocycles. The summed E-state index contributed by atoms with van der Waals surface area (Å²) in [5.74, 6) is -0.925. The molecule has 0 atom stereocenters. The van der Waals surface area contributed by atoms with E-state index in [1.54, 1.807) is 27.7 Å². The van der Waals surface area contributed by atoms with Gasteiger partial charge in [0.25, 0.3) is 0 Å². The van der Waals surface area contributed by atoms with Gasteiger partial charge in [0.2, 0.25) is 0 Å². The van der Waals surface area contributed by atoms with E-state index in [1.165, 1.54) is 0 Å². The summed E-state index contributed by atoms with van der Waals surface area (Å²) in [5, 5.41) is 0. The van der Waals surface area contributed by atoms with Gasteiger partial charge in [-0.15, -0.1) is 0 Å². The SMILES string of the molecule is [2H]c1nc(N2C([2H])([2H])C([2H])([2H])OC([2H])([2H])C2([2H])[2H])c([2H])c([2H])c1B1OC(C)(C)C(C)(C)O1. The maximum Gasteiger partial charge on any atom is 0.496 e. The van der Waals surface area contributed by atoms with Crippen molar-refractivity contribution in [2.24, 2.45) is 0 Å². The topological polar surface area (TPSA) is 43.8 Å². The highest BCUT2D eigenvalue weighted by Gasteiger charge is 2.51. The Morgan fingerprint density at radius 2 is 1.81 bits per heavy atom. The molecular formula is C15H23BN2O3. The second-order valence-electron chi connectivity index (χ2n) is 5.66. The molecule has 6 heteroatoms. The Bertz CT molecular complexity index is 915. The summed E-state index contributed by atoms with van der Waals surface area (Å²) in [6.07, 6.45) is -0.682. The monoisotopic (exact) mass is 301 g/mol. The first kappa shape index (κ1) is 6.56. The van der Waals surface area contributed by atoms with E-state index >= 15 is 0 Å². The number of rotatable bonds is 2. The lowest BCUT2D eigenvalue weighted by molar-refractivity contribution is 0.00578. The summed E-state index contributed by atoms with van der Waals surface area (Å²) in [5.41, 5.74) is -1.90. The van der Waals surface area contributed by atoms with Gasteiger partial charge in [-0.3, -0.25) is 0 Å². The molecule has 2 aliphatic rings. The first-order valence-electron chi connectivity index (χ1n) is 11.9. The summed E-state index contributed by atoms with van der Waals surface area (Å²) in [7, 11) is -1.25. The van der Waals surface area contributed by atoms with E-state index in [9.17, 15) is 0 Å². The van der Waals surface area contributed by atoms with Gasteiger partial charge in [-0.2, -0.15) is 0 Å². The Hall–Kier alpha value is -1.11. The average molecular weight is 301 g/mol. The van der Waals surface area contributed by atoms with E-state index in [1.807, 2.05) is 0 Å². The number of anilines is 1. The maximum absolute atomic E-state index is 8.38. The van der Waals surface area contributed by atoms with Crippen molar-refractivity contribution in [1.82, 2.24) is 4.98 Å². The highest BCUT2D eigenvalue weighted by molar-refractivity contribution is 6.62. The minimum absolute atomic E-state index is 0.0179. The normalized spacial score (nSPS) is 41.6. The van der Waals surface area contributed by atoms with Gasteiger partial charge >= 0.3 is 7.12 Å². The molecular weight excluding hydrogens is 267 g/mol. The molecule has 0 saturated carbocycles. The molecule has 0 unspecified atom stereocenters. The van der Waals surface area contributed by atoms with E-state index in [0.717, 1.165) is 0 Å². The smallest absolute Gasteiger partial charge is 0.399 e. The maximum atomic E-state index is 8.38. The van der Waals surface area contributed by atoms with Crippen LogP contribution in [-0.2, 0) is 14.0 Å². The fraction of sp³-hybridized carbons (Fsp3) is 0.667. The molecule has 0 radical (unpaired) electrons. The average Bonchev–Trinajstić information content (AvgIpc) is 2.77. The summed E-state index contributed by atoms with van der Waals surface area (Å²) < 4.78 is 105. The van der Waals surface area contributed by atoms with Crippen molar-refractivity contribution in [3.63, 3.8) is 0 Å². The number of nitrogens with zero attached hydrogens (tertiary/aromatic N) is 2. The number of hydrogen-bond donors (Lipinski definition) is 0. The second kappa shape index (κ2) is 5.27. The Morgan fingerprint density at radius 1 is 1.19 bits per heavy atom. The highest BCUT2D eigenvalue weighted by atomic mass is 16.7. The van der Waals surface area contributed by atoms with Crippen LogP contribution in [0.2, 0.25) is 0 Å². The van der Waals surface area contributed by atoms with Crippen LogP contribution in [0.15, 0.2) is 18.3 Å².